The van der Waals surface area contributed by atoms with E-state index in [1.807, 2.05) is 36.4 Å². The minimum atomic E-state index is -0.279. The topological polar surface area (TPSA) is 93.4 Å². The molecule has 7 nitrogen and oxygen atoms in total. The zero-order chi connectivity index (χ0) is 21.8. The molecule has 31 heavy (non-hydrogen) atoms. The first-order valence-electron chi connectivity index (χ1n) is 10.6. The molecule has 4 aromatic rings. The molecule has 1 amide bonds. The highest BCUT2D eigenvalue weighted by molar-refractivity contribution is 6.00. The van der Waals surface area contributed by atoms with E-state index >= 15 is 0 Å². The number of nitrogens with two attached hydrogens (primary N) is 1. The van der Waals surface area contributed by atoms with Gasteiger partial charge in [0, 0.05) is 19.2 Å². The Morgan fingerprint density at radius 3 is 2.71 bits per heavy atom. The summed E-state index contributed by atoms with van der Waals surface area (Å²) in [5.74, 6) is 0.0310. The number of nitrogen functional groups attached to an aromatic ring is 1. The van der Waals surface area contributed by atoms with Crippen molar-refractivity contribution in [2.24, 2.45) is 0 Å². The SMILES string of the molecule is CCCCNC(=O)c1cc2c(=O)n3ccccc3nc2[n+](CCc2ccccc2)c1N. The third-order valence-electron chi connectivity index (χ3n) is 5.39. The molecule has 0 atom stereocenters. The van der Waals surface area contributed by atoms with Crippen LogP contribution in [0, 0.1) is 0 Å². The van der Waals surface area contributed by atoms with Gasteiger partial charge in [-0.25, -0.2) is 4.57 Å². The summed E-state index contributed by atoms with van der Waals surface area (Å²) in [6, 6.07) is 17.0. The van der Waals surface area contributed by atoms with Gasteiger partial charge in [0.25, 0.3) is 17.1 Å². The Kier molecular flexibility index (Phi) is 5.93. The molecule has 3 N–H and O–H groups in total. The summed E-state index contributed by atoms with van der Waals surface area (Å²) in [7, 11) is 0. The van der Waals surface area contributed by atoms with Gasteiger partial charge in [0.05, 0.1) is 6.54 Å². The number of rotatable bonds is 7. The maximum atomic E-state index is 13.2. The number of benzene rings is 1. The van der Waals surface area contributed by atoms with E-state index in [0.29, 0.717) is 47.6 Å². The van der Waals surface area contributed by atoms with Crippen molar-refractivity contribution in [3.63, 3.8) is 0 Å². The highest BCUT2D eigenvalue weighted by atomic mass is 16.1. The third kappa shape index (κ3) is 4.12. The quantitative estimate of drug-likeness (QED) is 0.275. The standard InChI is InChI=1S/C24H25N5O2/c1-2-3-13-26-23(30)18-16-19-22(27-20-11-7-8-14-28(20)24(19)31)29(21(18)25)15-12-17-9-5-4-6-10-17/h4-11,14,16,25H,2-3,12-13,15H2,1H3,(H,26,30)/p+1. The minimum Gasteiger partial charge on any atom is -0.352 e. The highest BCUT2D eigenvalue weighted by Crippen LogP contribution is 2.15. The number of nitrogens with zero attached hydrogens (tertiary/aromatic N) is 3. The second-order valence-electron chi connectivity index (χ2n) is 7.52. The number of aromatic nitrogens is 3. The molecule has 0 radical (unpaired) electrons. The number of pyridine rings is 2. The first-order chi connectivity index (χ1) is 15.1. The Morgan fingerprint density at radius 2 is 1.94 bits per heavy atom. The van der Waals surface area contributed by atoms with Gasteiger partial charge < -0.3 is 11.1 Å². The molecule has 7 heteroatoms. The summed E-state index contributed by atoms with van der Waals surface area (Å²) < 4.78 is 3.27. The number of anilines is 1. The van der Waals surface area contributed by atoms with Crippen LogP contribution in [0.15, 0.2) is 65.6 Å². The summed E-state index contributed by atoms with van der Waals surface area (Å²) in [5, 5.41) is 3.27. The lowest BCUT2D eigenvalue weighted by molar-refractivity contribution is -0.658. The van der Waals surface area contributed by atoms with Gasteiger partial charge in [0.15, 0.2) is 0 Å². The average Bonchev–Trinajstić information content (AvgIpc) is 2.79. The van der Waals surface area contributed by atoms with E-state index in [-0.39, 0.29) is 11.5 Å². The number of hydrogen-bond acceptors (Lipinski definition) is 4. The molecule has 0 unspecified atom stereocenters. The van der Waals surface area contributed by atoms with Gasteiger partial charge in [0.1, 0.15) is 10.9 Å². The van der Waals surface area contributed by atoms with Gasteiger partial charge in [-0.1, -0.05) is 54.7 Å². The van der Waals surface area contributed by atoms with Crippen LogP contribution < -0.4 is 21.2 Å². The van der Waals surface area contributed by atoms with Gasteiger partial charge >= 0.3 is 0 Å². The molecule has 0 bridgehead atoms. The second-order valence-corrected chi connectivity index (χ2v) is 7.52. The van der Waals surface area contributed by atoms with Gasteiger partial charge in [-0.3, -0.25) is 14.0 Å². The van der Waals surface area contributed by atoms with E-state index in [4.69, 9.17) is 10.7 Å². The summed E-state index contributed by atoms with van der Waals surface area (Å²) in [4.78, 5) is 30.8. The number of carbonyl (C=O) groups is 1. The Balaban J connectivity index is 1.87. The third-order valence-corrected chi connectivity index (χ3v) is 5.39. The van der Waals surface area contributed by atoms with Crippen LogP contribution in [0.2, 0.25) is 0 Å². The molecule has 0 saturated heterocycles. The Hall–Kier alpha value is -3.74. The fourth-order valence-corrected chi connectivity index (χ4v) is 3.67. The molecule has 4 rings (SSSR count). The van der Waals surface area contributed by atoms with E-state index in [9.17, 15) is 9.59 Å². The van der Waals surface area contributed by atoms with Crippen molar-refractivity contribution in [2.75, 3.05) is 12.3 Å². The number of aryl methyl sites for hydroxylation is 2. The highest BCUT2D eigenvalue weighted by Gasteiger charge is 2.24. The number of nitrogens with one attached hydrogen (secondary N) is 1. The molecule has 0 aliphatic rings. The maximum Gasteiger partial charge on any atom is 0.278 e. The van der Waals surface area contributed by atoms with Crippen molar-refractivity contribution in [1.29, 1.82) is 0 Å². The molecule has 0 fully saturated rings. The Bertz CT molecular complexity index is 1300. The van der Waals surface area contributed by atoms with Gasteiger partial charge in [0.2, 0.25) is 11.5 Å². The van der Waals surface area contributed by atoms with Crippen LogP contribution >= 0.6 is 0 Å². The fourth-order valence-electron chi connectivity index (χ4n) is 3.67. The van der Waals surface area contributed by atoms with Crippen molar-refractivity contribution in [3.05, 3.63) is 82.3 Å². The van der Waals surface area contributed by atoms with E-state index in [0.717, 1.165) is 18.4 Å². The first-order valence-corrected chi connectivity index (χ1v) is 10.6. The van der Waals surface area contributed by atoms with E-state index < -0.39 is 0 Å². The predicted octanol–water partition coefficient (Wildman–Crippen LogP) is 2.49. The monoisotopic (exact) mass is 416 g/mol. The average molecular weight is 417 g/mol. The van der Waals surface area contributed by atoms with Gasteiger partial charge in [-0.2, -0.15) is 0 Å². The Morgan fingerprint density at radius 1 is 1.16 bits per heavy atom. The summed E-state index contributed by atoms with van der Waals surface area (Å²) in [5.41, 5.74) is 8.69. The molecule has 3 heterocycles. The molecule has 0 aliphatic carbocycles. The fraction of sp³-hybridized carbons (Fsp3) is 0.250. The van der Waals surface area contributed by atoms with E-state index in [1.165, 1.54) is 4.40 Å². The molecule has 0 spiro atoms. The van der Waals surface area contributed by atoms with Crippen molar-refractivity contribution >= 4 is 28.4 Å². The van der Waals surface area contributed by atoms with Crippen molar-refractivity contribution in [3.8, 4) is 0 Å². The van der Waals surface area contributed by atoms with Crippen LogP contribution in [0.3, 0.4) is 0 Å². The normalized spacial score (nSPS) is 11.1. The number of fused-ring (bicyclic) bond motifs is 2. The summed E-state index contributed by atoms with van der Waals surface area (Å²) >= 11 is 0. The van der Waals surface area contributed by atoms with E-state index in [2.05, 4.69) is 12.2 Å². The van der Waals surface area contributed by atoms with Crippen LogP contribution in [0.25, 0.3) is 16.7 Å². The van der Waals surface area contributed by atoms with Crippen molar-refractivity contribution in [2.45, 2.75) is 32.7 Å². The lowest BCUT2D eigenvalue weighted by Gasteiger charge is -2.12. The number of unbranched alkanes of at least 4 members (excludes halogenated alkanes) is 1. The molecular weight excluding hydrogens is 390 g/mol. The molecule has 0 aliphatic heterocycles. The van der Waals surface area contributed by atoms with Crippen molar-refractivity contribution in [1.82, 2.24) is 14.7 Å². The van der Waals surface area contributed by atoms with Crippen LogP contribution in [0.5, 0.6) is 0 Å². The van der Waals surface area contributed by atoms with Crippen LogP contribution in [0.4, 0.5) is 5.82 Å². The number of amides is 1. The molecule has 3 aromatic heterocycles. The number of carbonyl (C=O) groups excluding carboxylic acids is 1. The zero-order valence-electron chi connectivity index (χ0n) is 17.5. The van der Waals surface area contributed by atoms with E-state index in [1.54, 1.807) is 29.0 Å². The number of hydrogen-bond donors (Lipinski definition) is 2. The smallest absolute Gasteiger partial charge is 0.278 e. The largest absolute Gasteiger partial charge is 0.352 e. The van der Waals surface area contributed by atoms with Crippen LogP contribution in [-0.4, -0.2) is 21.8 Å². The van der Waals surface area contributed by atoms with Crippen molar-refractivity contribution < 1.29 is 9.36 Å². The van der Waals surface area contributed by atoms with Crippen LogP contribution in [-0.2, 0) is 13.0 Å². The summed E-state index contributed by atoms with van der Waals surface area (Å²) in [6.07, 6.45) is 4.22. The molecular formula is C24H26N5O2+. The Labute approximate surface area is 180 Å². The van der Waals surface area contributed by atoms with Crippen LogP contribution in [0.1, 0.15) is 35.7 Å². The van der Waals surface area contributed by atoms with Gasteiger partial charge in [-0.05, 0) is 30.2 Å². The first kappa shape index (κ1) is 20.5. The zero-order valence-corrected chi connectivity index (χ0v) is 17.5. The second kappa shape index (κ2) is 8.95. The maximum absolute atomic E-state index is 13.2. The summed E-state index contributed by atoms with van der Waals surface area (Å²) in [6.45, 7) is 3.12. The lowest BCUT2D eigenvalue weighted by Crippen LogP contribution is -2.43. The molecule has 1 aromatic carbocycles. The molecule has 0 saturated carbocycles. The van der Waals surface area contributed by atoms with Gasteiger partial charge in [-0.15, -0.1) is 0 Å². The lowest BCUT2D eigenvalue weighted by atomic mass is 10.1. The molecule has 158 valence electrons. The minimum absolute atomic E-state index is 0.225. The predicted molar refractivity (Wildman–Crippen MR) is 121 cm³/mol.